The number of halogens is 1. The Hall–Kier alpha value is -3.60. The largest absolute Gasteiger partial charge is 0.436 e. The molecule has 3 aromatic heterocycles. The molecule has 1 atom stereocenters. The zero-order chi connectivity index (χ0) is 22.2. The number of hydrogen-bond acceptors (Lipinski definition) is 7. The van der Waals surface area contributed by atoms with Crippen LogP contribution >= 0.6 is 0 Å². The number of aromatic nitrogens is 4. The molecule has 0 bridgehead atoms. The fraction of sp³-hybridized carbons (Fsp3) is 0.200. The van der Waals surface area contributed by atoms with Crippen LogP contribution in [0.1, 0.15) is 35.4 Å². The molecule has 0 unspecified atom stereocenters. The molecule has 160 valence electrons. The van der Waals surface area contributed by atoms with Gasteiger partial charge in [-0.2, -0.15) is 5.10 Å². The zero-order valence-electron chi connectivity index (χ0n) is 16.6. The molecule has 3 heterocycles. The lowest BCUT2D eigenvalue weighted by Gasteiger charge is -2.14. The Morgan fingerprint density at radius 3 is 2.61 bits per heavy atom. The van der Waals surface area contributed by atoms with Gasteiger partial charge in [0.1, 0.15) is 17.8 Å². The third-order valence-electron chi connectivity index (χ3n) is 4.70. The summed E-state index contributed by atoms with van der Waals surface area (Å²) >= 11 is 0. The Balaban J connectivity index is 1.64. The molecule has 1 N–H and O–H groups in total. The first-order chi connectivity index (χ1) is 14.8. The topological polar surface area (TPSA) is 120 Å². The lowest BCUT2D eigenvalue weighted by Crippen LogP contribution is -2.28. The Morgan fingerprint density at radius 2 is 1.97 bits per heavy atom. The Bertz CT molecular complexity index is 1360. The normalized spacial score (nSPS) is 12.7. The maximum Gasteiger partial charge on any atom is 0.314 e. The van der Waals surface area contributed by atoms with Crippen LogP contribution in [0.5, 0.6) is 0 Å². The molecule has 0 fully saturated rings. The summed E-state index contributed by atoms with van der Waals surface area (Å²) < 4.78 is 43.0. The van der Waals surface area contributed by atoms with Crippen LogP contribution < -0.4 is 5.32 Å². The SMILES string of the molecule is CC[C@H](NC(=O)c1cncc2c1cnn2-c1ccc(F)cc1)c1coc(S(C)(=O)=O)n1. The predicted octanol–water partition coefficient (Wildman–Crippen LogP) is 2.83. The van der Waals surface area contributed by atoms with Crippen LogP contribution in [0.25, 0.3) is 16.6 Å². The minimum atomic E-state index is -3.59. The maximum atomic E-state index is 13.2. The molecule has 0 aliphatic heterocycles. The van der Waals surface area contributed by atoms with Gasteiger partial charge in [0.15, 0.2) is 0 Å². The average Bonchev–Trinajstić information content (AvgIpc) is 3.39. The van der Waals surface area contributed by atoms with E-state index in [1.165, 1.54) is 30.8 Å². The van der Waals surface area contributed by atoms with E-state index in [1.807, 2.05) is 6.92 Å². The van der Waals surface area contributed by atoms with E-state index in [0.29, 0.717) is 28.7 Å². The van der Waals surface area contributed by atoms with E-state index < -0.39 is 27.0 Å². The first-order valence-corrected chi connectivity index (χ1v) is 11.2. The van der Waals surface area contributed by atoms with Crippen molar-refractivity contribution in [2.75, 3.05) is 6.26 Å². The number of rotatable bonds is 6. The molecule has 0 radical (unpaired) electrons. The van der Waals surface area contributed by atoms with Crippen LogP contribution in [-0.2, 0) is 9.84 Å². The van der Waals surface area contributed by atoms with E-state index in [-0.39, 0.29) is 11.4 Å². The Labute approximate surface area is 176 Å². The lowest BCUT2D eigenvalue weighted by molar-refractivity contribution is 0.0936. The monoisotopic (exact) mass is 443 g/mol. The smallest absolute Gasteiger partial charge is 0.314 e. The second-order valence-corrected chi connectivity index (χ2v) is 8.79. The van der Waals surface area contributed by atoms with Gasteiger partial charge in [0.2, 0.25) is 9.84 Å². The van der Waals surface area contributed by atoms with Gasteiger partial charge in [0, 0.05) is 17.8 Å². The maximum absolute atomic E-state index is 13.2. The zero-order valence-corrected chi connectivity index (χ0v) is 17.4. The number of nitrogens with zero attached hydrogens (tertiary/aromatic N) is 4. The van der Waals surface area contributed by atoms with Crippen molar-refractivity contribution in [1.82, 2.24) is 25.1 Å². The van der Waals surface area contributed by atoms with Gasteiger partial charge in [0.05, 0.1) is 35.2 Å². The fourth-order valence-corrected chi connectivity index (χ4v) is 3.63. The van der Waals surface area contributed by atoms with Gasteiger partial charge in [-0.25, -0.2) is 22.5 Å². The highest BCUT2D eigenvalue weighted by molar-refractivity contribution is 7.90. The number of carbonyl (C=O) groups is 1. The van der Waals surface area contributed by atoms with E-state index in [2.05, 4.69) is 20.4 Å². The van der Waals surface area contributed by atoms with Crippen molar-refractivity contribution in [2.45, 2.75) is 24.6 Å². The molecule has 1 aromatic carbocycles. The Kier molecular flexibility index (Phi) is 5.27. The van der Waals surface area contributed by atoms with E-state index in [9.17, 15) is 17.6 Å². The number of sulfone groups is 1. The van der Waals surface area contributed by atoms with Crippen LogP contribution in [0, 0.1) is 5.82 Å². The minimum absolute atomic E-state index is 0.288. The van der Waals surface area contributed by atoms with Crippen molar-refractivity contribution in [3.05, 3.63) is 66.2 Å². The van der Waals surface area contributed by atoms with Gasteiger partial charge >= 0.3 is 5.22 Å². The Morgan fingerprint density at radius 1 is 1.23 bits per heavy atom. The van der Waals surface area contributed by atoms with Crippen molar-refractivity contribution >= 4 is 26.6 Å². The quantitative estimate of drug-likeness (QED) is 0.486. The number of benzene rings is 1. The molecule has 0 saturated heterocycles. The summed E-state index contributed by atoms with van der Waals surface area (Å²) in [6.45, 7) is 1.82. The highest BCUT2D eigenvalue weighted by Crippen LogP contribution is 2.23. The highest BCUT2D eigenvalue weighted by atomic mass is 32.2. The summed E-state index contributed by atoms with van der Waals surface area (Å²) in [7, 11) is -3.59. The van der Waals surface area contributed by atoms with E-state index in [4.69, 9.17) is 4.42 Å². The number of carbonyl (C=O) groups excluding carboxylic acids is 1. The van der Waals surface area contributed by atoms with Gasteiger partial charge in [-0.3, -0.25) is 9.78 Å². The molecule has 4 aromatic rings. The first kappa shape index (κ1) is 20.7. The molecule has 0 saturated carbocycles. The molecule has 0 aliphatic carbocycles. The van der Waals surface area contributed by atoms with Crippen molar-refractivity contribution in [3.8, 4) is 5.69 Å². The summed E-state index contributed by atoms with van der Waals surface area (Å²) in [5.41, 5.74) is 1.79. The van der Waals surface area contributed by atoms with E-state index >= 15 is 0 Å². The van der Waals surface area contributed by atoms with Gasteiger partial charge in [0.25, 0.3) is 5.91 Å². The number of pyridine rings is 1. The van der Waals surface area contributed by atoms with Crippen LogP contribution in [0.15, 0.2) is 58.8 Å². The molecule has 1 amide bonds. The summed E-state index contributed by atoms with van der Waals surface area (Å²) in [4.78, 5) is 21.1. The average molecular weight is 443 g/mol. The lowest BCUT2D eigenvalue weighted by atomic mass is 10.1. The summed E-state index contributed by atoms with van der Waals surface area (Å²) in [5, 5.41) is 7.29. The molecule has 11 heteroatoms. The van der Waals surface area contributed by atoms with Gasteiger partial charge in [-0.05, 0) is 30.7 Å². The van der Waals surface area contributed by atoms with E-state index in [0.717, 1.165) is 6.26 Å². The molecule has 0 aliphatic rings. The number of amides is 1. The van der Waals surface area contributed by atoms with Gasteiger partial charge in [-0.15, -0.1) is 0 Å². The molecule has 9 nitrogen and oxygen atoms in total. The van der Waals surface area contributed by atoms with E-state index in [1.54, 1.807) is 23.0 Å². The van der Waals surface area contributed by atoms with Crippen LogP contribution in [0.2, 0.25) is 0 Å². The highest BCUT2D eigenvalue weighted by Gasteiger charge is 2.23. The van der Waals surface area contributed by atoms with Crippen molar-refractivity contribution in [3.63, 3.8) is 0 Å². The predicted molar refractivity (Wildman–Crippen MR) is 109 cm³/mol. The third-order valence-corrected chi connectivity index (χ3v) is 5.52. The van der Waals surface area contributed by atoms with Crippen LogP contribution in [0.4, 0.5) is 4.39 Å². The molecule has 4 rings (SSSR count). The minimum Gasteiger partial charge on any atom is -0.436 e. The third kappa shape index (κ3) is 4.04. The number of fused-ring (bicyclic) bond motifs is 1. The number of hydrogen-bond donors (Lipinski definition) is 1. The number of nitrogens with one attached hydrogen (secondary N) is 1. The van der Waals surface area contributed by atoms with Crippen molar-refractivity contribution in [2.24, 2.45) is 0 Å². The molecular weight excluding hydrogens is 425 g/mol. The first-order valence-electron chi connectivity index (χ1n) is 9.32. The molecular formula is C20H18FN5O4S. The summed E-state index contributed by atoms with van der Waals surface area (Å²) in [5.74, 6) is -0.789. The van der Waals surface area contributed by atoms with Crippen molar-refractivity contribution < 1.29 is 22.0 Å². The standard InChI is InChI=1S/C20H18FN5O4S/c1-3-16(17-11-30-20(25-17)31(2,28)29)24-19(27)15-8-22-10-18-14(15)9-23-26(18)13-6-4-12(21)5-7-13/h4-11,16H,3H2,1-2H3,(H,24,27)/t16-/m0/s1. The van der Waals surface area contributed by atoms with Crippen LogP contribution in [-0.4, -0.2) is 40.3 Å². The molecule has 31 heavy (non-hydrogen) atoms. The van der Waals surface area contributed by atoms with Crippen LogP contribution in [0.3, 0.4) is 0 Å². The summed E-state index contributed by atoms with van der Waals surface area (Å²) in [6, 6.07) is 5.23. The second kappa shape index (κ2) is 7.91. The van der Waals surface area contributed by atoms with Gasteiger partial charge in [-0.1, -0.05) is 6.92 Å². The summed E-state index contributed by atoms with van der Waals surface area (Å²) in [6.07, 6.45) is 7.19. The van der Waals surface area contributed by atoms with Gasteiger partial charge < -0.3 is 9.73 Å². The van der Waals surface area contributed by atoms with Crippen molar-refractivity contribution in [1.29, 1.82) is 0 Å². The fourth-order valence-electron chi connectivity index (χ4n) is 3.13. The second-order valence-electron chi connectivity index (χ2n) is 6.90. The number of oxazole rings is 1. The molecule has 0 spiro atoms.